The van der Waals surface area contributed by atoms with Crippen molar-refractivity contribution in [3.63, 3.8) is 0 Å². The van der Waals surface area contributed by atoms with Crippen LogP contribution in [0, 0.1) is 0 Å². The van der Waals surface area contributed by atoms with E-state index in [2.05, 4.69) is 37.8 Å². The summed E-state index contributed by atoms with van der Waals surface area (Å²) in [6.45, 7) is 10.0. The van der Waals surface area contributed by atoms with Gasteiger partial charge in [0.05, 0.1) is 0 Å². The van der Waals surface area contributed by atoms with Crippen LogP contribution in [0.15, 0.2) is 23.3 Å². The van der Waals surface area contributed by atoms with Crippen molar-refractivity contribution in [2.75, 3.05) is 19.6 Å². The fourth-order valence-corrected chi connectivity index (χ4v) is 1.46. The molecule has 0 N–H and O–H groups in total. The van der Waals surface area contributed by atoms with Gasteiger partial charge in [-0.2, -0.15) is 0 Å². The Morgan fingerprint density at radius 1 is 1.58 bits per heavy atom. The van der Waals surface area contributed by atoms with Crippen molar-refractivity contribution in [1.82, 2.24) is 4.90 Å². The van der Waals surface area contributed by atoms with Gasteiger partial charge in [0.25, 0.3) is 0 Å². The van der Waals surface area contributed by atoms with E-state index in [9.17, 15) is 0 Å². The van der Waals surface area contributed by atoms with Crippen LogP contribution in [0.3, 0.4) is 0 Å². The van der Waals surface area contributed by atoms with Gasteiger partial charge >= 0.3 is 0 Å². The van der Waals surface area contributed by atoms with Gasteiger partial charge in [-0.15, -0.1) is 0 Å². The molecule has 0 aromatic heterocycles. The van der Waals surface area contributed by atoms with Crippen molar-refractivity contribution in [2.45, 2.75) is 27.2 Å². The summed E-state index contributed by atoms with van der Waals surface area (Å²) in [5.41, 5.74) is 2.94. The summed E-state index contributed by atoms with van der Waals surface area (Å²) in [4.78, 5) is 2.49. The van der Waals surface area contributed by atoms with E-state index in [1.54, 1.807) is 0 Å². The van der Waals surface area contributed by atoms with Crippen molar-refractivity contribution < 1.29 is 0 Å². The van der Waals surface area contributed by atoms with Gasteiger partial charge < -0.3 is 0 Å². The lowest BCUT2D eigenvalue weighted by molar-refractivity contribution is 0.321. The monoisotopic (exact) mass is 165 g/mol. The normalized spacial score (nSPS) is 18.8. The van der Waals surface area contributed by atoms with E-state index in [1.807, 2.05) is 0 Å². The summed E-state index contributed by atoms with van der Waals surface area (Å²) < 4.78 is 0. The Balaban J connectivity index is 2.35. The van der Waals surface area contributed by atoms with Gasteiger partial charge in [0.1, 0.15) is 0 Å². The average molecular weight is 165 g/mol. The molecule has 0 fully saturated rings. The molecule has 0 spiro atoms. The Bertz CT molecular complexity index is 197. The summed E-state index contributed by atoms with van der Waals surface area (Å²) in [6.07, 6.45) is 5.88. The van der Waals surface area contributed by atoms with E-state index in [4.69, 9.17) is 0 Å². The molecule has 1 heterocycles. The van der Waals surface area contributed by atoms with Gasteiger partial charge in [-0.25, -0.2) is 0 Å². The van der Waals surface area contributed by atoms with E-state index < -0.39 is 0 Å². The topological polar surface area (TPSA) is 3.24 Å². The van der Waals surface area contributed by atoms with Crippen LogP contribution in [0.2, 0.25) is 0 Å². The third-order valence-corrected chi connectivity index (χ3v) is 2.17. The van der Waals surface area contributed by atoms with Crippen LogP contribution in [-0.2, 0) is 0 Å². The molecule has 1 rings (SSSR count). The average Bonchev–Trinajstić information content (AvgIpc) is 2.01. The molecule has 0 saturated carbocycles. The number of allylic oxidation sites excluding steroid dienone is 1. The Morgan fingerprint density at radius 2 is 2.33 bits per heavy atom. The van der Waals surface area contributed by atoms with Crippen molar-refractivity contribution in [1.29, 1.82) is 0 Å². The Morgan fingerprint density at radius 3 is 2.92 bits per heavy atom. The third kappa shape index (κ3) is 3.22. The number of hydrogen-bond acceptors (Lipinski definition) is 1. The molecule has 0 radical (unpaired) electrons. The first-order valence-electron chi connectivity index (χ1n) is 4.70. The largest absolute Gasteiger partial charge is 0.295 e. The summed E-state index contributed by atoms with van der Waals surface area (Å²) >= 11 is 0. The van der Waals surface area contributed by atoms with Gasteiger partial charge in [-0.05, 0) is 27.2 Å². The second-order valence-corrected chi connectivity index (χ2v) is 3.86. The first kappa shape index (κ1) is 9.53. The summed E-state index contributed by atoms with van der Waals surface area (Å²) in [5, 5.41) is 0. The van der Waals surface area contributed by atoms with Crippen LogP contribution in [0.1, 0.15) is 27.2 Å². The van der Waals surface area contributed by atoms with Crippen LogP contribution < -0.4 is 0 Å². The molecule has 0 saturated heterocycles. The lowest BCUT2D eigenvalue weighted by atomic mass is 10.1. The Kier molecular flexibility index (Phi) is 3.54. The molecule has 0 atom stereocenters. The zero-order valence-electron chi connectivity index (χ0n) is 8.43. The van der Waals surface area contributed by atoms with Crippen molar-refractivity contribution in [3.05, 3.63) is 23.3 Å². The van der Waals surface area contributed by atoms with E-state index in [0.717, 1.165) is 13.1 Å². The molecular weight excluding hydrogens is 146 g/mol. The quantitative estimate of drug-likeness (QED) is 0.568. The lowest BCUT2D eigenvalue weighted by Crippen LogP contribution is -2.29. The highest BCUT2D eigenvalue weighted by Gasteiger charge is 2.07. The fourth-order valence-electron chi connectivity index (χ4n) is 1.46. The zero-order chi connectivity index (χ0) is 8.97. The summed E-state index contributed by atoms with van der Waals surface area (Å²) in [6, 6.07) is 0. The van der Waals surface area contributed by atoms with Crippen LogP contribution in [0.4, 0.5) is 0 Å². The van der Waals surface area contributed by atoms with E-state index >= 15 is 0 Å². The standard InChI is InChI=1S/C11H19N/c1-10(2)6-8-12-7-4-5-11(3)9-12/h5-6H,4,7-9H2,1-3H3. The number of rotatable bonds is 2. The number of hydrogen-bond donors (Lipinski definition) is 0. The highest BCUT2D eigenvalue weighted by Crippen LogP contribution is 2.08. The molecule has 0 aromatic rings. The first-order chi connectivity index (χ1) is 5.68. The minimum absolute atomic E-state index is 1.12. The van der Waals surface area contributed by atoms with Crippen molar-refractivity contribution >= 4 is 0 Å². The molecule has 12 heavy (non-hydrogen) atoms. The predicted octanol–water partition coefficient (Wildman–Crippen LogP) is 2.60. The molecule has 1 nitrogen and oxygen atoms in total. The van der Waals surface area contributed by atoms with E-state index in [1.165, 1.54) is 24.1 Å². The Labute approximate surface area is 75.8 Å². The van der Waals surface area contributed by atoms with Gasteiger partial charge in [0.15, 0.2) is 0 Å². The Hall–Kier alpha value is -0.560. The molecule has 68 valence electrons. The highest BCUT2D eigenvalue weighted by molar-refractivity contribution is 5.06. The molecule has 1 aliphatic rings. The van der Waals surface area contributed by atoms with Crippen LogP contribution in [0.25, 0.3) is 0 Å². The molecule has 1 heteroatoms. The molecule has 0 aromatic carbocycles. The molecule has 1 aliphatic heterocycles. The minimum Gasteiger partial charge on any atom is -0.295 e. The molecule has 0 bridgehead atoms. The highest BCUT2D eigenvalue weighted by atomic mass is 15.1. The molecule has 0 unspecified atom stereocenters. The van der Waals surface area contributed by atoms with Crippen molar-refractivity contribution in [3.8, 4) is 0 Å². The van der Waals surface area contributed by atoms with Gasteiger partial charge in [0.2, 0.25) is 0 Å². The first-order valence-corrected chi connectivity index (χ1v) is 4.70. The fraction of sp³-hybridized carbons (Fsp3) is 0.636. The van der Waals surface area contributed by atoms with E-state index in [-0.39, 0.29) is 0 Å². The maximum Gasteiger partial charge on any atom is 0.0193 e. The maximum absolute atomic E-state index is 2.49. The molecule has 0 aliphatic carbocycles. The maximum atomic E-state index is 2.49. The molecule has 0 amide bonds. The van der Waals surface area contributed by atoms with E-state index in [0.29, 0.717) is 0 Å². The predicted molar refractivity (Wildman–Crippen MR) is 54.2 cm³/mol. The smallest absolute Gasteiger partial charge is 0.0193 e. The third-order valence-electron chi connectivity index (χ3n) is 2.17. The minimum atomic E-state index is 1.12. The van der Waals surface area contributed by atoms with Gasteiger partial charge in [0, 0.05) is 19.6 Å². The van der Waals surface area contributed by atoms with Gasteiger partial charge in [-0.3, -0.25) is 4.90 Å². The van der Waals surface area contributed by atoms with Crippen LogP contribution in [0.5, 0.6) is 0 Å². The second kappa shape index (κ2) is 4.46. The second-order valence-electron chi connectivity index (χ2n) is 3.86. The summed E-state index contributed by atoms with van der Waals surface area (Å²) in [7, 11) is 0. The SMILES string of the molecule is CC(C)=CCN1CCC=C(C)C1. The van der Waals surface area contributed by atoms with Crippen LogP contribution >= 0.6 is 0 Å². The lowest BCUT2D eigenvalue weighted by Gasteiger charge is -2.24. The van der Waals surface area contributed by atoms with Crippen LogP contribution in [-0.4, -0.2) is 24.5 Å². The number of nitrogens with zero attached hydrogens (tertiary/aromatic N) is 1. The van der Waals surface area contributed by atoms with Crippen molar-refractivity contribution in [2.24, 2.45) is 0 Å². The zero-order valence-corrected chi connectivity index (χ0v) is 8.43. The summed E-state index contributed by atoms with van der Waals surface area (Å²) in [5.74, 6) is 0. The van der Waals surface area contributed by atoms with Gasteiger partial charge in [-0.1, -0.05) is 23.3 Å². The molecular formula is C11H19N.